The van der Waals surface area contributed by atoms with E-state index >= 15 is 0 Å². The van der Waals surface area contributed by atoms with Crippen molar-refractivity contribution < 1.29 is 14.4 Å². The highest BCUT2D eigenvalue weighted by atomic mass is 16.2. The maximum Gasteiger partial charge on any atom is 0.245 e. The van der Waals surface area contributed by atoms with Crippen LogP contribution in [0.5, 0.6) is 0 Å². The number of rotatable bonds is 8. The van der Waals surface area contributed by atoms with E-state index in [1.165, 1.54) is 10.5 Å². The van der Waals surface area contributed by atoms with Crippen molar-refractivity contribution >= 4 is 17.7 Å². The van der Waals surface area contributed by atoms with Crippen LogP contribution in [0.2, 0.25) is 0 Å². The fraction of sp³-hybridized carbons (Fsp3) is 0.526. The van der Waals surface area contributed by atoms with Crippen LogP contribution in [0.15, 0.2) is 30.3 Å². The molecule has 1 aliphatic rings. The van der Waals surface area contributed by atoms with Crippen molar-refractivity contribution in [2.45, 2.75) is 57.5 Å². The first kappa shape index (κ1) is 19.0. The average Bonchev–Trinajstić information content (AvgIpc) is 3.09. The summed E-state index contributed by atoms with van der Waals surface area (Å²) in [6.45, 7) is 2.17. The number of hydrogen-bond acceptors (Lipinski definition) is 3. The van der Waals surface area contributed by atoms with Crippen LogP contribution in [0.25, 0.3) is 0 Å². The number of carbonyl (C=O) groups is 3. The van der Waals surface area contributed by atoms with Gasteiger partial charge in [0.05, 0.1) is 0 Å². The second kappa shape index (κ2) is 9.20. The molecule has 1 fully saturated rings. The van der Waals surface area contributed by atoms with E-state index in [1.807, 2.05) is 18.2 Å². The van der Waals surface area contributed by atoms with Crippen LogP contribution in [0.1, 0.15) is 44.6 Å². The van der Waals surface area contributed by atoms with Crippen LogP contribution >= 0.6 is 0 Å². The first-order valence-corrected chi connectivity index (χ1v) is 8.92. The third kappa shape index (κ3) is 5.59. The summed E-state index contributed by atoms with van der Waals surface area (Å²) in [5.41, 5.74) is 6.60. The van der Waals surface area contributed by atoms with E-state index in [-0.39, 0.29) is 11.8 Å². The first-order valence-electron chi connectivity index (χ1n) is 8.92. The molecule has 1 unspecified atom stereocenters. The minimum atomic E-state index is -0.637. The van der Waals surface area contributed by atoms with Crippen LogP contribution in [0, 0.1) is 0 Å². The molecule has 6 nitrogen and oxygen atoms in total. The lowest BCUT2D eigenvalue weighted by Crippen LogP contribution is -2.51. The molecule has 2 rings (SSSR count). The Labute approximate surface area is 148 Å². The molecular formula is C19H27N3O3. The van der Waals surface area contributed by atoms with Gasteiger partial charge in [0.15, 0.2) is 0 Å². The van der Waals surface area contributed by atoms with Crippen LogP contribution in [0.3, 0.4) is 0 Å². The zero-order valence-corrected chi connectivity index (χ0v) is 14.7. The van der Waals surface area contributed by atoms with Gasteiger partial charge >= 0.3 is 0 Å². The number of nitrogens with one attached hydrogen (secondary N) is 1. The molecule has 1 saturated heterocycles. The normalized spacial score (nSPS) is 18.0. The molecule has 2 atom stereocenters. The van der Waals surface area contributed by atoms with E-state index < -0.39 is 18.0 Å². The topological polar surface area (TPSA) is 92.5 Å². The van der Waals surface area contributed by atoms with Crippen molar-refractivity contribution in [1.82, 2.24) is 10.2 Å². The maximum atomic E-state index is 12.4. The highest BCUT2D eigenvalue weighted by molar-refractivity contribution is 5.91. The van der Waals surface area contributed by atoms with Gasteiger partial charge in [0.25, 0.3) is 0 Å². The van der Waals surface area contributed by atoms with Crippen molar-refractivity contribution in [1.29, 1.82) is 0 Å². The van der Waals surface area contributed by atoms with Gasteiger partial charge in [0, 0.05) is 13.0 Å². The van der Waals surface area contributed by atoms with Gasteiger partial charge in [-0.15, -0.1) is 0 Å². The minimum Gasteiger partial charge on any atom is -0.368 e. The fourth-order valence-electron chi connectivity index (χ4n) is 3.21. The number of benzene rings is 1. The predicted octanol–water partition coefficient (Wildman–Crippen LogP) is 1.38. The Kier molecular flexibility index (Phi) is 6.98. The van der Waals surface area contributed by atoms with Gasteiger partial charge in [-0.25, -0.2) is 0 Å². The molecule has 0 spiro atoms. The van der Waals surface area contributed by atoms with E-state index in [1.54, 1.807) is 6.92 Å². The van der Waals surface area contributed by atoms with Crippen LogP contribution in [-0.2, 0) is 20.8 Å². The Hall–Kier alpha value is -2.37. The summed E-state index contributed by atoms with van der Waals surface area (Å²) < 4.78 is 0. The van der Waals surface area contributed by atoms with Crippen LogP contribution in [-0.4, -0.2) is 41.2 Å². The van der Waals surface area contributed by atoms with Crippen LogP contribution < -0.4 is 11.1 Å². The Morgan fingerprint density at radius 2 is 1.96 bits per heavy atom. The van der Waals surface area contributed by atoms with E-state index in [4.69, 9.17) is 5.73 Å². The molecule has 0 aliphatic carbocycles. The molecule has 25 heavy (non-hydrogen) atoms. The van der Waals surface area contributed by atoms with Gasteiger partial charge in [-0.2, -0.15) is 0 Å². The number of aryl methyl sites for hydroxylation is 1. The molecule has 3 N–H and O–H groups in total. The summed E-state index contributed by atoms with van der Waals surface area (Å²) in [6, 6.07) is 8.97. The third-order valence-electron chi connectivity index (χ3n) is 4.57. The van der Waals surface area contributed by atoms with Gasteiger partial charge in [0.1, 0.15) is 12.1 Å². The van der Waals surface area contributed by atoms with Crippen LogP contribution in [0.4, 0.5) is 0 Å². The molecule has 1 heterocycles. The van der Waals surface area contributed by atoms with Gasteiger partial charge in [0.2, 0.25) is 17.7 Å². The smallest absolute Gasteiger partial charge is 0.245 e. The summed E-state index contributed by atoms with van der Waals surface area (Å²) in [4.78, 5) is 37.3. The molecular weight excluding hydrogens is 318 g/mol. The summed E-state index contributed by atoms with van der Waals surface area (Å²) in [7, 11) is 0. The largest absolute Gasteiger partial charge is 0.368 e. The Morgan fingerprint density at radius 1 is 1.24 bits per heavy atom. The summed E-state index contributed by atoms with van der Waals surface area (Å²) in [6.07, 6.45) is 4.39. The third-order valence-corrected chi connectivity index (χ3v) is 4.57. The van der Waals surface area contributed by atoms with Gasteiger partial charge in [-0.3, -0.25) is 14.4 Å². The number of likely N-dealkylation sites (tertiary alicyclic amines) is 1. The van der Waals surface area contributed by atoms with Gasteiger partial charge < -0.3 is 16.0 Å². The number of nitrogens with two attached hydrogens (primary N) is 1. The number of amides is 3. The fourth-order valence-corrected chi connectivity index (χ4v) is 3.21. The Bertz CT molecular complexity index is 603. The van der Waals surface area contributed by atoms with Crippen molar-refractivity contribution in [3.05, 3.63) is 35.9 Å². The van der Waals surface area contributed by atoms with E-state index in [2.05, 4.69) is 17.4 Å². The standard InChI is InChI=1S/C19H27N3O3/c1-14(19(25)22-13-7-11-16(22)18(20)24)21-17(23)12-6-5-10-15-8-3-2-4-9-15/h2-4,8-9,14,16H,5-7,10-13H2,1H3,(H2,20,24)(H,21,23)/t14?,16-/m0/s1. The molecule has 1 aliphatic heterocycles. The monoisotopic (exact) mass is 345 g/mol. The van der Waals surface area contributed by atoms with E-state index in [9.17, 15) is 14.4 Å². The molecule has 136 valence electrons. The molecule has 0 radical (unpaired) electrons. The predicted molar refractivity (Wildman–Crippen MR) is 95.5 cm³/mol. The molecule has 1 aromatic rings. The number of primary amides is 1. The lowest BCUT2D eigenvalue weighted by atomic mass is 10.1. The number of unbranched alkanes of at least 4 members (excludes halogenated alkanes) is 1. The zero-order valence-electron chi connectivity index (χ0n) is 14.7. The maximum absolute atomic E-state index is 12.4. The summed E-state index contributed by atoms with van der Waals surface area (Å²) in [5.74, 6) is -0.854. The quantitative estimate of drug-likeness (QED) is 0.697. The molecule has 6 heteroatoms. The molecule has 1 aromatic carbocycles. The number of hydrogen-bond donors (Lipinski definition) is 2. The lowest BCUT2D eigenvalue weighted by Gasteiger charge is -2.25. The van der Waals surface area contributed by atoms with E-state index in [0.717, 1.165) is 25.7 Å². The lowest BCUT2D eigenvalue weighted by molar-refractivity contribution is -0.140. The average molecular weight is 345 g/mol. The Balaban J connectivity index is 1.70. The first-order chi connectivity index (χ1) is 12.0. The Morgan fingerprint density at radius 3 is 2.64 bits per heavy atom. The van der Waals surface area contributed by atoms with Crippen molar-refractivity contribution in [3.8, 4) is 0 Å². The second-order valence-electron chi connectivity index (χ2n) is 6.57. The molecule has 3 amide bonds. The van der Waals surface area contributed by atoms with Crippen molar-refractivity contribution in [2.75, 3.05) is 6.54 Å². The second-order valence-corrected chi connectivity index (χ2v) is 6.57. The van der Waals surface area contributed by atoms with Crippen molar-refractivity contribution in [3.63, 3.8) is 0 Å². The minimum absolute atomic E-state index is 0.135. The van der Waals surface area contributed by atoms with Gasteiger partial charge in [-0.1, -0.05) is 30.3 Å². The summed E-state index contributed by atoms with van der Waals surface area (Å²) >= 11 is 0. The highest BCUT2D eigenvalue weighted by Crippen LogP contribution is 2.18. The highest BCUT2D eigenvalue weighted by Gasteiger charge is 2.34. The molecule has 0 bridgehead atoms. The van der Waals surface area contributed by atoms with Gasteiger partial charge in [-0.05, 0) is 44.6 Å². The van der Waals surface area contributed by atoms with E-state index in [0.29, 0.717) is 19.4 Å². The number of nitrogens with zero attached hydrogens (tertiary/aromatic N) is 1. The molecule has 0 aromatic heterocycles. The zero-order chi connectivity index (χ0) is 18.2. The summed E-state index contributed by atoms with van der Waals surface area (Å²) in [5, 5.41) is 2.73. The SMILES string of the molecule is CC(NC(=O)CCCCc1ccccc1)C(=O)N1CCC[C@H]1C(N)=O. The van der Waals surface area contributed by atoms with Crippen molar-refractivity contribution in [2.24, 2.45) is 5.73 Å². The molecule has 0 saturated carbocycles. The number of carbonyl (C=O) groups excluding carboxylic acids is 3.